The van der Waals surface area contributed by atoms with E-state index in [1.165, 1.54) is 0 Å². The number of aromatic nitrogens is 2. The Kier molecular flexibility index (Phi) is 6.21. The zero-order valence-electron chi connectivity index (χ0n) is 11.3. The lowest BCUT2D eigenvalue weighted by Crippen LogP contribution is -2.34. The van der Waals surface area contributed by atoms with Crippen LogP contribution >= 0.6 is 11.8 Å². The van der Waals surface area contributed by atoms with Crippen molar-refractivity contribution in [3.05, 3.63) is 23.4 Å². The number of allylic oxidation sites excluding steroid dienone is 1. The van der Waals surface area contributed by atoms with Crippen LogP contribution < -0.4 is 21.7 Å². The Hall–Kier alpha value is -1.69. The number of nitrogens with two attached hydrogens (primary N) is 1. The molecule has 0 atom stereocenters. The van der Waals surface area contributed by atoms with Crippen molar-refractivity contribution in [2.24, 2.45) is 0 Å². The van der Waals surface area contributed by atoms with Gasteiger partial charge in [-0.25, -0.2) is 4.98 Å². The number of carbonyl (C=O) groups excluding carboxylic acids is 1. The Morgan fingerprint density at radius 2 is 2.37 bits per heavy atom. The van der Waals surface area contributed by atoms with Crippen molar-refractivity contribution in [2.45, 2.75) is 13.3 Å². The molecular formula is C13H20N4OS. The van der Waals surface area contributed by atoms with Gasteiger partial charge in [-0.3, -0.25) is 4.79 Å². The number of aromatic amines is 1. The van der Waals surface area contributed by atoms with Crippen LogP contribution in [0.4, 0.5) is 5.95 Å². The molecule has 1 aromatic heterocycles. The van der Waals surface area contributed by atoms with Crippen molar-refractivity contribution in [3.8, 4) is 0 Å². The number of anilines is 1. The third-order valence-corrected chi connectivity index (χ3v) is 3.24. The van der Waals surface area contributed by atoms with Gasteiger partial charge in [0, 0.05) is 12.1 Å². The van der Waals surface area contributed by atoms with Crippen molar-refractivity contribution in [3.63, 3.8) is 0 Å². The maximum absolute atomic E-state index is 12.0. The second-order valence-corrected chi connectivity index (χ2v) is 5.00. The Labute approximate surface area is 117 Å². The molecule has 0 radical (unpaired) electrons. The van der Waals surface area contributed by atoms with E-state index in [-0.39, 0.29) is 11.9 Å². The summed E-state index contributed by atoms with van der Waals surface area (Å²) in [5.74, 6) is 1.20. The van der Waals surface area contributed by atoms with Gasteiger partial charge in [0.15, 0.2) is 5.95 Å². The van der Waals surface area contributed by atoms with Crippen LogP contribution in [0.15, 0.2) is 12.7 Å². The minimum absolute atomic E-state index is 0.119. The van der Waals surface area contributed by atoms with Gasteiger partial charge in [0.05, 0.1) is 10.7 Å². The molecule has 104 valence electrons. The first-order valence-electron chi connectivity index (χ1n) is 6.02. The number of H-pyrrole nitrogens is 1. The van der Waals surface area contributed by atoms with Gasteiger partial charge in [-0.05, 0) is 31.4 Å². The van der Waals surface area contributed by atoms with Gasteiger partial charge in [-0.2, -0.15) is 11.8 Å². The predicted molar refractivity (Wildman–Crippen MR) is 82.0 cm³/mol. The minimum Gasteiger partial charge on any atom is -0.369 e. The highest BCUT2D eigenvalue weighted by Crippen LogP contribution is 1.95. The minimum atomic E-state index is -0.119. The van der Waals surface area contributed by atoms with Gasteiger partial charge in [0.25, 0.3) is 0 Å². The molecule has 1 rings (SSSR count). The summed E-state index contributed by atoms with van der Waals surface area (Å²) in [6.07, 6.45) is 6.36. The molecule has 0 unspecified atom stereocenters. The summed E-state index contributed by atoms with van der Waals surface area (Å²) in [6.45, 7) is 6.02. The van der Waals surface area contributed by atoms with Crippen LogP contribution in [-0.2, 0) is 4.79 Å². The monoisotopic (exact) mass is 280 g/mol. The number of thioether (sulfide) groups is 1. The first kappa shape index (κ1) is 15.4. The van der Waals surface area contributed by atoms with Crippen LogP contribution in [0.1, 0.15) is 13.3 Å². The van der Waals surface area contributed by atoms with Crippen LogP contribution in [-0.4, -0.2) is 34.4 Å². The van der Waals surface area contributed by atoms with E-state index in [0.717, 1.165) is 12.2 Å². The molecule has 1 aromatic rings. The first-order chi connectivity index (χ1) is 9.10. The zero-order chi connectivity index (χ0) is 14.3. The molecular weight excluding hydrogens is 260 g/mol. The number of rotatable bonds is 6. The smallest absolute Gasteiger partial charge is 0.249 e. The lowest BCUT2D eigenvalue weighted by Gasteiger charge is -2.03. The molecule has 1 amide bonds. The van der Waals surface area contributed by atoms with Crippen LogP contribution in [0.5, 0.6) is 0 Å². The molecule has 19 heavy (non-hydrogen) atoms. The average Bonchev–Trinajstić information content (AvgIpc) is 2.75. The van der Waals surface area contributed by atoms with Crippen molar-refractivity contribution in [2.75, 3.05) is 24.3 Å². The van der Waals surface area contributed by atoms with Gasteiger partial charge in [0.2, 0.25) is 5.91 Å². The molecule has 0 saturated heterocycles. The van der Waals surface area contributed by atoms with Gasteiger partial charge < -0.3 is 16.0 Å². The highest BCUT2D eigenvalue weighted by Gasteiger charge is 2.07. The summed E-state index contributed by atoms with van der Waals surface area (Å²) in [5, 5.41) is 4.14. The summed E-state index contributed by atoms with van der Waals surface area (Å²) in [7, 11) is 0. The molecule has 5 nitrogen and oxygen atoms in total. The molecule has 6 heteroatoms. The predicted octanol–water partition coefficient (Wildman–Crippen LogP) is -0.00170. The van der Waals surface area contributed by atoms with Crippen molar-refractivity contribution >= 4 is 35.3 Å². The van der Waals surface area contributed by atoms with Gasteiger partial charge in [0.1, 0.15) is 0 Å². The maximum Gasteiger partial charge on any atom is 0.249 e. The molecule has 0 aromatic carbocycles. The summed E-state index contributed by atoms with van der Waals surface area (Å²) < 4.78 is 0. The zero-order valence-corrected chi connectivity index (χ0v) is 12.1. The number of hydrogen-bond acceptors (Lipinski definition) is 4. The van der Waals surface area contributed by atoms with E-state index in [9.17, 15) is 4.79 Å². The first-order valence-corrected chi connectivity index (χ1v) is 7.41. The van der Waals surface area contributed by atoms with Crippen LogP contribution in [0.25, 0.3) is 11.6 Å². The molecule has 0 bridgehead atoms. The third kappa shape index (κ3) is 4.48. The quantitative estimate of drug-likeness (QED) is 0.640. The van der Waals surface area contributed by atoms with E-state index in [2.05, 4.69) is 21.9 Å². The second-order valence-electron chi connectivity index (χ2n) is 4.01. The van der Waals surface area contributed by atoms with Crippen molar-refractivity contribution in [1.82, 2.24) is 15.3 Å². The fourth-order valence-corrected chi connectivity index (χ4v) is 2.02. The number of nitrogens with one attached hydrogen (secondary N) is 2. The molecule has 0 aliphatic carbocycles. The molecule has 0 spiro atoms. The van der Waals surface area contributed by atoms with E-state index in [1.54, 1.807) is 30.8 Å². The van der Waals surface area contributed by atoms with Gasteiger partial charge in [-0.15, -0.1) is 0 Å². The lowest BCUT2D eigenvalue weighted by molar-refractivity contribution is -0.115. The van der Waals surface area contributed by atoms with E-state index in [0.29, 0.717) is 22.8 Å². The fraction of sp³-hybridized carbons (Fsp3) is 0.385. The molecule has 4 N–H and O–H groups in total. The summed E-state index contributed by atoms with van der Waals surface area (Å²) in [6, 6.07) is 0. The van der Waals surface area contributed by atoms with Crippen LogP contribution in [0.3, 0.4) is 0 Å². The molecule has 0 aliphatic heterocycles. The fourth-order valence-electron chi connectivity index (χ4n) is 1.59. The second kappa shape index (κ2) is 7.68. The van der Waals surface area contributed by atoms with Crippen LogP contribution in [0, 0.1) is 0 Å². The standard InChI is InChI=1S/C13H20N4OS/c1-4-6-10-11(17-13(14)16-10)9(2)12(18)15-7-5-8-19-3/h4,6H,1,5,7-8H2,2-3H3,(H,15,18)(H3,14,16,17)/b10-6+,11-9-. The highest BCUT2D eigenvalue weighted by atomic mass is 32.2. The topological polar surface area (TPSA) is 83.8 Å². The number of imidazole rings is 1. The molecule has 1 heterocycles. The Morgan fingerprint density at radius 1 is 1.63 bits per heavy atom. The number of nitrogens with zero attached hydrogens (tertiary/aromatic N) is 1. The van der Waals surface area contributed by atoms with E-state index < -0.39 is 0 Å². The lowest BCUT2D eigenvalue weighted by atomic mass is 10.2. The SMILES string of the molecule is C=C/C=c1/[nH]c(N)n/c1=C(/C)C(=O)NCCCSC. The molecule has 0 aliphatic rings. The average molecular weight is 280 g/mol. The third-order valence-electron chi connectivity index (χ3n) is 2.54. The van der Waals surface area contributed by atoms with E-state index in [4.69, 9.17) is 5.73 Å². The normalized spacial score (nSPS) is 13.3. The molecule has 0 fully saturated rings. The Balaban J connectivity index is 2.93. The van der Waals surface area contributed by atoms with Crippen molar-refractivity contribution < 1.29 is 4.79 Å². The summed E-state index contributed by atoms with van der Waals surface area (Å²) in [5.41, 5.74) is 6.17. The van der Waals surface area contributed by atoms with Gasteiger partial charge >= 0.3 is 0 Å². The van der Waals surface area contributed by atoms with E-state index >= 15 is 0 Å². The summed E-state index contributed by atoms with van der Waals surface area (Å²) >= 11 is 1.76. The Morgan fingerprint density at radius 3 is 3.00 bits per heavy atom. The highest BCUT2D eigenvalue weighted by molar-refractivity contribution is 7.98. The number of carbonyl (C=O) groups is 1. The van der Waals surface area contributed by atoms with Crippen LogP contribution in [0.2, 0.25) is 0 Å². The summed E-state index contributed by atoms with van der Waals surface area (Å²) in [4.78, 5) is 19.0. The largest absolute Gasteiger partial charge is 0.369 e. The Bertz CT molecular complexity index is 562. The van der Waals surface area contributed by atoms with E-state index in [1.807, 2.05) is 6.26 Å². The number of hydrogen-bond donors (Lipinski definition) is 3. The number of nitrogen functional groups attached to an aromatic ring is 1. The maximum atomic E-state index is 12.0. The molecule has 0 saturated carbocycles. The number of amides is 1. The van der Waals surface area contributed by atoms with Gasteiger partial charge in [-0.1, -0.05) is 12.7 Å². The van der Waals surface area contributed by atoms with Crippen molar-refractivity contribution in [1.29, 1.82) is 0 Å².